The topological polar surface area (TPSA) is 15.3 Å². The zero-order valence-electron chi connectivity index (χ0n) is 13.6. The van der Waals surface area contributed by atoms with Crippen LogP contribution in [0, 0.1) is 6.92 Å². The summed E-state index contributed by atoms with van der Waals surface area (Å²) < 4.78 is 0. The van der Waals surface area contributed by atoms with Gasteiger partial charge in [-0.2, -0.15) is 0 Å². The number of benzene rings is 1. The fourth-order valence-electron chi connectivity index (χ4n) is 3.86. The highest BCUT2D eigenvalue weighted by Crippen LogP contribution is 2.42. The fourth-order valence-corrected chi connectivity index (χ4v) is 3.86. The lowest BCUT2D eigenvalue weighted by Gasteiger charge is -2.49. The van der Waals surface area contributed by atoms with Crippen LogP contribution in [0.25, 0.3) is 0 Å². The number of aryl methyl sites for hydroxylation is 1. The van der Waals surface area contributed by atoms with E-state index >= 15 is 0 Å². The van der Waals surface area contributed by atoms with Crippen LogP contribution in [0.15, 0.2) is 24.3 Å². The summed E-state index contributed by atoms with van der Waals surface area (Å²) in [5.41, 5.74) is 3.15. The van der Waals surface area contributed by atoms with E-state index in [4.69, 9.17) is 0 Å². The summed E-state index contributed by atoms with van der Waals surface area (Å²) in [6.07, 6.45) is 6.69. The maximum atomic E-state index is 3.79. The molecule has 1 fully saturated rings. The van der Waals surface area contributed by atoms with E-state index in [1.165, 1.54) is 43.2 Å². The maximum Gasteiger partial charge on any atom is 0.0509 e. The highest BCUT2D eigenvalue weighted by molar-refractivity contribution is 5.32. The molecule has 2 nitrogen and oxygen atoms in total. The lowest BCUT2D eigenvalue weighted by molar-refractivity contribution is 0.0568. The van der Waals surface area contributed by atoms with Gasteiger partial charge in [-0.05, 0) is 51.5 Å². The standard InChI is InChI=1S/C18H30N2/c1-5-19-17(16-12-8-7-11-15(16)2)18(20(3)4)13-9-6-10-14-18/h7-8,11-12,17,19H,5-6,9-10,13-14H2,1-4H3. The summed E-state index contributed by atoms with van der Waals surface area (Å²) in [4.78, 5) is 2.48. The Balaban J connectivity index is 2.42. The molecule has 0 aromatic heterocycles. The van der Waals surface area contributed by atoms with Crippen molar-refractivity contribution < 1.29 is 0 Å². The van der Waals surface area contributed by atoms with Crippen LogP contribution < -0.4 is 5.32 Å². The van der Waals surface area contributed by atoms with Crippen LogP contribution in [-0.4, -0.2) is 31.1 Å². The van der Waals surface area contributed by atoms with Gasteiger partial charge in [0.2, 0.25) is 0 Å². The lowest BCUT2D eigenvalue weighted by Crippen LogP contribution is -2.55. The molecule has 2 rings (SSSR count). The molecule has 1 N–H and O–H groups in total. The summed E-state index contributed by atoms with van der Waals surface area (Å²) in [5.74, 6) is 0. The van der Waals surface area contributed by atoms with E-state index in [1.807, 2.05) is 0 Å². The smallest absolute Gasteiger partial charge is 0.0509 e. The van der Waals surface area contributed by atoms with Crippen LogP contribution >= 0.6 is 0 Å². The average molecular weight is 274 g/mol. The van der Waals surface area contributed by atoms with Crippen molar-refractivity contribution in [1.82, 2.24) is 10.2 Å². The minimum absolute atomic E-state index is 0.264. The first kappa shape index (κ1) is 15.5. The second kappa shape index (κ2) is 6.73. The minimum Gasteiger partial charge on any atom is -0.309 e. The van der Waals surface area contributed by atoms with Crippen LogP contribution in [0.3, 0.4) is 0 Å². The summed E-state index contributed by atoms with van der Waals surface area (Å²) in [6.45, 7) is 5.48. The Kier molecular flexibility index (Phi) is 5.22. The quantitative estimate of drug-likeness (QED) is 0.875. The Labute approximate surface area is 124 Å². The first-order valence-corrected chi connectivity index (χ1v) is 8.08. The molecular formula is C18H30N2. The zero-order valence-corrected chi connectivity index (χ0v) is 13.6. The van der Waals surface area contributed by atoms with E-state index in [0.717, 1.165) is 6.54 Å². The van der Waals surface area contributed by atoms with Crippen molar-refractivity contribution in [2.45, 2.75) is 57.5 Å². The second-order valence-electron chi connectivity index (χ2n) is 6.41. The molecule has 0 amide bonds. The molecule has 0 heterocycles. The first-order chi connectivity index (χ1) is 9.62. The Hall–Kier alpha value is -0.860. The van der Waals surface area contributed by atoms with Gasteiger partial charge < -0.3 is 10.2 Å². The first-order valence-electron chi connectivity index (χ1n) is 8.08. The zero-order chi connectivity index (χ0) is 14.6. The van der Waals surface area contributed by atoms with E-state index in [9.17, 15) is 0 Å². The number of nitrogens with zero attached hydrogens (tertiary/aromatic N) is 1. The molecule has 1 aliphatic carbocycles. The lowest BCUT2D eigenvalue weighted by atomic mass is 9.72. The van der Waals surface area contributed by atoms with Crippen LogP contribution in [0.4, 0.5) is 0 Å². The van der Waals surface area contributed by atoms with Crippen LogP contribution in [-0.2, 0) is 0 Å². The van der Waals surface area contributed by atoms with Gasteiger partial charge in [0.25, 0.3) is 0 Å². The van der Waals surface area contributed by atoms with Crippen molar-refractivity contribution in [3.8, 4) is 0 Å². The number of hydrogen-bond acceptors (Lipinski definition) is 2. The molecule has 1 saturated carbocycles. The molecule has 0 radical (unpaired) electrons. The molecule has 20 heavy (non-hydrogen) atoms. The normalized spacial score (nSPS) is 20.1. The summed E-state index contributed by atoms with van der Waals surface area (Å²) >= 11 is 0. The van der Waals surface area contributed by atoms with Gasteiger partial charge in [0.05, 0.1) is 6.04 Å². The highest BCUT2D eigenvalue weighted by atomic mass is 15.2. The van der Waals surface area contributed by atoms with E-state index in [0.29, 0.717) is 6.04 Å². The van der Waals surface area contributed by atoms with Gasteiger partial charge in [-0.25, -0.2) is 0 Å². The highest BCUT2D eigenvalue weighted by Gasteiger charge is 2.42. The van der Waals surface area contributed by atoms with Crippen molar-refractivity contribution >= 4 is 0 Å². The fraction of sp³-hybridized carbons (Fsp3) is 0.667. The van der Waals surface area contributed by atoms with Crippen molar-refractivity contribution in [1.29, 1.82) is 0 Å². The predicted octanol–water partition coefficient (Wildman–Crippen LogP) is 3.91. The second-order valence-corrected chi connectivity index (χ2v) is 6.41. The molecule has 2 heteroatoms. The molecule has 112 valence electrons. The Morgan fingerprint density at radius 3 is 2.35 bits per heavy atom. The molecule has 0 saturated heterocycles. The molecule has 1 aromatic carbocycles. The third kappa shape index (κ3) is 2.91. The van der Waals surface area contributed by atoms with Gasteiger partial charge in [-0.1, -0.05) is 50.5 Å². The molecule has 1 aromatic rings. The van der Waals surface area contributed by atoms with Gasteiger partial charge >= 0.3 is 0 Å². The predicted molar refractivity (Wildman–Crippen MR) is 87.1 cm³/mol. The van der Waals surface area contributed by atoms with Crippen molar-refractivity contribution in [2.24, 2.45) is 0 Å². The van der Waals surface area contributed by atoms with Gasteiger partial charge in [0.1, 0.15) is 0 Å². The monoisotopic (exact) mass is 274 g/mol. The maximum absolute atomic E-state index is 3.79. The average Bonchev–Trinajstić information content (AvgIpc) is 2.46. The molecule has 0 aliphatic heterocycles. The van der Waals surface area contributed by atoms with Crippen molar-refractivity contribution in [3.05, 3.63) is 35.4 Å². The molecule has 1 unspecified atom stereocenters. The minimum atomic E-state index is 0.264. The Bertz CT molecular complexity index is 419. The van der Waals surface area contributed by atoms with Crippen LogP contribution in [0.1, 0.15) is 56.2 Å². The third-order valence-corrected chi connectivity index (χ3v) is 5.06. The number of rotatable bonds is 5. The largest absolute Gasteiger partial charge is 0.309 e. The SMILES string of the molecule is CCNC(c1ccccc1C)C1(N(C)C)CCCCC1. The van der Waals surface area contributed by atoms with E-state index in [-0.39, 0.29) is 5.54 Å². The van der Waals surface area contributed by atoms with E-state index < -0.39 is 0 Å². The Morgan fingerprint density at radius 2 is 1.80 bits per heavy atom. The molecule has 0 bridgehead atoms. The van der Waals surface area contributed by atoms with Gasteiger partial charge in [0.15, 0.2) is 0 Å². The van der Waals surface area contributed by atoms with Gasteiger partial charge in [-0.3, -0.25) is 0 Å². The summed E-state index contributed by atoms with van der Waals surface area (Å²) in [5, 5.41) is 3.79. The molecule has 1 aliphatic rings. The van der Waals surface area contributed by atoms with Crippen LogP contribution in [0.5, 0.6) is 0 Å². The Morgan fingerprint density at radius 1 is 1.15 bits per heavy atom. The molecule has 1 atom stereocenters. The molecule has 0 spiro atoms. The summed E-state index contributed by atoms with van der Waals surface area (Å²) in [6, 6.07) is 9.31. The van der Waals surface area contributed by atoms with E-state index in [1.54, 1.807) is 0 Å². The number of likely N-dealkylation sites (N-methyl/N-ethyl adjacent to an activating group) is 2. The van der Waals surface area contributed by atoms with Crippen molar-refractivity contribution in [2.75, 3.05) is 20.6 Å². The van der Waals surface area contributed by atoms with Gasteiger partial charge in [-0.15, -0.1) is 0 Å². The number of nitrogens with one attached hydrogen (secondary N) is 1. The number of hydrogen-bond donors (Lipinski definition) is 1. The van der Waals surface area contributed by atoms with Gasteiger partial charge in [0, 0.05) is 5.54 Å². The summed E-state index contributed by atoms with van der Waals surface area (Å²) in [7, 11) is 4.52. The van der Waals surface area contributed by atoms with E-state index in [2.05, 4.69) is 62.4 Å². The third-order valence-electron chi connectivity index (χ3n) is 5.06. The van der Waals surface area contributed by atoms with Crippen LogP contribution in [0.2, 0.25) is 0 Å². The van der Waals surface area contributed by atoms with Crippen molar-refractivity contribution in [3.63, 3.8) is 0 Å². The molecular weight excluding hydrogens is 244 g/mol.